The van der Waals surface area contributed by atoms with Gasteiger partial charge in [-0.1, -0.05) is 17.7 Å². The molecule has 106 valence electrons. The third kappa shape index (κ3) is 3.51. The lowest BCUT2D eigenvalue weighted by Gasteiger charge is -2.15. The van der Waals surface area contributed by atoms with Crippen LogP contribution in [0.5, 0.6) is 5.75 Å². The molecule has 0 amide bonds. The Labute approximate surface area is 130 Å². The lowest BCUT2D eigenvalue weighted by Crippen LogP contribution is -2.13. The molecule has 0 aliphatic rings. The molecule has 5 heteroatoms. The first-order valence-corrected chi connectivity index (χ1v) is 7.21. The SMILES string of the molecule is COc1ccc(C(N)Cc2cc(F)ccc2Cl)cc1Br. The van der Waals surface area contributed by atoms with Gasteiger partial charge < -0.3 is 10.5 Å². The molecule has 0 saturated carbocycles. The fourth-order valence-electron chi connectivity index (χ4n) is 1.97. The molecule has 2 aromatic carbocycles. The standard InChI is InChI=1S/C15H14BrClFNO/c1-20-15-5-2-9(7-12(15)16)14(19)8-10-6-11(18)3-4-13(10)17/h2-7,14H,8,19H2,1H3. The van der Waals surface area contributed by atoms with Crippen LogP contribution in [0.4, 0.5) is 4.39 Å². The molecule has 20 heavy (non-hydrogen) atoms. The van der Waals surface area contributed by atoms with Crippen molar-refractivity contribution in [2.75, 3.05) is 7.11 Å². The summed E-state index contributed by atoms with van der Waals surface area (Å²) in [6.07, 6.45) is 0.468. The topological polar surface area (TPSA) is 35.2 Å². The summed E-state index contributed by atoms with van der Waals surface area (Å²) >= 11 is 9.48. The van der Waals surface area contributed by atoms with Crippen LogP contribution in [0.2, 0.25) is 5.02 Å². The first kappa shape index (κ1) is 15.3. The van der Waals surface area contributed by atoms with Gasteiger partial charge in [0.1, 0.15) is 11.6 Å². The number of ether oxygens (including phenoxy) is 1. The number of hydrogen-bond donors (Lipinski definition) is 1. The molecular formula is C15H14BrClFNO. The maximum atomic E-state index is 13.2. The van der Waals surface area contributed by atoms with E-state index in [1.54, 1.807) is 13.2 Å². The van der Waals surface area contributed by atoms with Crippen molar-refractivity contribution < 1.29 is 9.13 Å². The molecule has 0 fully saturated rings. The monoisotopic (exact) mass is 357 g/mol. The molecule has 0 aliphatic heterocycles. The summed E-state index contributed by atoms with van der Waals surface area (Å²) in [4.78, 5) is 0. The normalized spacial score (nSPS) is 12.2. The van der Waals surface area contributed by atoms with E-state index >= 15 is 0 Å². The fraction of sp³-hybridized carbons (Fsp3) is 0.200. The van der Waals surface area contributed by atoms with Crippen LogP contribution < -0.4 is 10.5 Å². The molecule has 0 aromatic heterocycles. The minimum absolute atomic E-state index is 0.267. The number of nitrogens with two attached hydrogens (primary N) is 1. The van der Waals surface area contributed by atoms with Gasteiger partial charge in [0.25, 0.3) is 0 Å². The van der Waals surface area contributed by atoms with E-state index in [1.807, 2.05) is 18.2 Å². The zero-order valence-electron chi connectivity index (χ0n) is 10.9. The van der Waals surface area contributed by atoms with Crippen LogP contribution in [0.1, 0.15) is 17.2 Å². The van der Waals surface area contributed by atoms with Crippen LogP contribution in [-0.4, -0.2) is 7.11 Å². The quantitative estimate of drug-likeness (QED) is 0.874. The third-order valence-corrected chi connectivity index (χ3v) is 4.04. The Kier molecular flexibility index (Phi) is 5.02. The van der Waals surface area contributed by atoms with E-state index in [1.165, 1.54) is 12.1 Å². The van der Waals surface area contributed by atoms with Gasteiger partial charge in [0, 0.05) is 11.1 Å². The summed E-state index contributed by atoms with van der Waals surface area (Å²) in [5.41, 5.74) is 7.79. The van der Waals surface area contributed by atoms with Gasteiger partial charge in [0.2, 0.25) is 0 Å². The number of halogens is 3. The second-order valence-electron chi connectivity index (χ2n) is 4.44. The van der Waals surface area contributed by atoms with Gasteiger partial charge >= 0.3 is 0 Å². The maximum Gasteiger partial charge on any atom is 0.133 e. The second kappa shape index (κ2) is 6.57. The number of methoxy groups -OCH3 is 1. The van der Waals surface area contributed by atoms with Gasteiger partial charge in [-0.2, -0.15) is 0 Å². The van der Waals surface area contributed by atoms with E-state index < -0.39 is 0 Å². The largest absolute Gasteiger partial charge is 0.496 e. The molecule has 0 bridgehead atoms. The number of benzene rings is 2. The fourth-order valence-corrected chi connectivity index (χ4v) is 2.72. The smallest absolute Gasteiger partial charge is 0.133 e. The van der Waals surface area contributed by atoms with E-state index in [0.717, 1.165) is 15.8 Å². The molecular weight excluding hydrogens is 345 g/mol. The van der Waals surface area contributed by atoms with E-state index in [4.69, 9.17) is 22.1 Å². The lowest BCUT2D eigenvalue weighted by molar-refractivity contribution is 0.412. The van der Waals surface area contributed by atoms with Gasteiger partial charge in [-0.3, -0.25) is 0 Å². The predicted molar refractivity (Wildman–Crippen MR) is 82.7 cm³/mol. The molecule has 1 atom stereocenters. The van der Waals surface area contributed by atoms with Crippen molar-refractivity contribution in [3.63, 3.8) is 0 Å². The molecule has 0 aliphatic carbocycles. The van der Waals surface area contributed by atoms with E-state index in [-0.39, 0.29) is 11.9 Å². The van der Waals surface area contributed by atoms with E-state index in [9.17, 15) is 4.39 Å². The maximum absolute atomic E-state index is 13.2. The van der Waals surface area contributed by atoms with Crippen LogP contribution in [0.15, 0.2) is 40.9 Å². The van der Waals surface area contributed by atoms with Crippen molar-refractivity contribution in [2.45, 2.75) is 12.5 Å². The first-order valence-electron chi connectivity index (χ1n) is 6.04. The van der Waals surface area contributed by atoms with Crippen LogP contribution >= 0.6 is 27.5 Å². The Morgan fingerprint density at radius 1 is 1.30 bits per heavy atom. The molecule has 2 aromatic rings. The molecule has 2 N–H and O–H groups in total. The van der Waals surface area contributed by atoms with Gasteiger partial charge in [0.15, 0.2) is 0 Å². The van der Waals surface area contributed by atoms with Crippen LogP contribution in [0.3, 0.4) is 0 Å². The van der Waals surface area contributed by atoms with Crippen LogP contribution in [0.25, 0.3) is 0 Å². The Balaban J connectivity index is 2.21. The van der Waals surface area contributed by atoms with Gasteiger partial charge in [-0.25, -0.2) is 4.39 Å². The Bertz CT molecular complexity index is 621. The molecule has 1 unspecified atom stereocenters. The van der Waals surface area contributed by atoms with Crippen molar-refractivity contribution in [2.24, 2.45) is 5.73 Å². The average molecular weight is 359 g/mol. The Hall–Kier alpha value is -1.10. The van der Waals surface area contributed by atoms with Gasteiger partial charge in [0.05, 0.1) is 11.6 Å². The molecule has 0 spiro atoms. The lowest BCUT2D eigenvalue weighted by atomic mass is 9.99. The minimum Gasteiger partial charge on any atom is -0.496 e. The molecule has 0 saturated heterocycles. The highest BCUT2D eigenvalue weighted by Crippen LogP contribution is 2.29. The zero-order chi connectivity index (χ0) is 14.7. The number of rotatable bonds is 4. The highest BCUT2D eigenvalue weighted by atomic mass is 79.9. The Morgan fingerprint density at radius 2 is 2.05 bits per heavy atom. The summed E-state index contributed by atoms with van der Waals surface area (Å²) in [5, 5.41) is 0.523. The Morgan fingerprint density at radius 3 is 2.70 bits per heavy atom. The summed E-state index contributed by atoms with van der Waals surface area (Å²) in [6, 6.07) is 9.66. The highest BCUT2D eigenvalue weighted by molar-refractivity contribution is 9.10. The third-order valence-electron chi connectivity index (χ3n) is 3.05. The first-order chi connectivity index (χ1) is 9.51. The zero-order valence-corrected chi connectivity index (χ0v) is 13.2. The molecule has 2 nitrogen and oxygen atoms in total. The van der Waals surface area contributed by atoms with Crippen molar-refractivity contribution in [3.8, 4) is 5.75 Å². The summed E-state index contributed by atoms with van der Waals surface area (Å²) < 4.78 is 19.2. The average Bonchev–Trinajstić information content (AvgIpc) is 2.42. The minimum atomic E-state index is -0.312. The van der Waals surface area contributed by atoms with Crippen molar-refractivity contribution >= 4 is 27.5 Å². The predicted octanol–water partition coefficient (Wildman–Crippen LogP) is 4.49. The second-order valence-corrected chi connectivity index (χ2v) is 5.70. The van der Waals surface area contributed by atoms with Gasteiger partial charge in [-0.05, 0) is 63.8 Å². The molecule has 2 rings (SSSR count). The van der Waals surface area contributed by atoms with Crippen molar-refractivity contribution in [1.29, 1.82) is 0 Å². The van der Waals surface area contributed by atoms with Gasteiger partial charge in [-0.15, -0.1) is 0 Å². The highest BCUT2D eigenvalue weighted by Gasteiger charge is 2.12. The summed E-state index contributed by atoms with van der Waals surface area (Å²) in [7, 11) is 1.60. The summed E-state index contributed by atoms with van der Waals surface area (Å²) in [6.45, 7) is 0. The summed E-state index contributed by atoms with van der Waals surface area (Å²) in [5.74, 6) is 0.428. The van der Waals surface area contributed by atoms with Crippen LogP contribution in [-0.2, 0) is 6.42 Å². The van der Waals surface area contributed by atoms with Crippen molar-refractivity contribution in [1.82, 2.24) is 0 Å². The van der Waals surface area contributed by atoms with Crippen molar-refractivity contribution in [3.05, 3.63) is 62.8 Å². The molecule has 0 radical (unpaired) electrons. The number of hydrogen-bond acceptors (Lipinski definition) is 2. The molecule has 0 heterocycles. The van der Waals surface area contributed by atoms with Crippen LogP contribution in [0, 0.1) is 5.82 Å². The van der Waals surface area contributed by atoms with E-state index in [2.05, 4.69) is 15.9 Å². The van der Waals surface area contributed by atoms with E-state index in [0.29, 0.717) is 17.0 Å².